The summed E-state index contributed by atoms with van der Waals surface area (Å²) in [6, 6.07) is 10.4. The van der Waals surface area contributed by atoms with Gasteiger partial charge < -0.3 is 14.4 Å². The van der Waals surface area contributed by atoms with E-state index < -0.39 is 29.2 Å². The second-order valence-electron chi connectivity index (χ2n) is 7.28. The molecule has 0 fully saturated rings. The Morgan fingerprint density at radius 2 is 1.94 bits per heavy atom. The lowest BCUT2D eigenvalue weighted by molar-refractivity contribution is -0.126. The van der Waals surface area contributed by atoms with E-state index in [1.807, 2.05) is 0 Å². The number of hydrogen-bond acceptors (Lipinski definition) is 6. The Bertz CT molecular complexity index is 1200. The maximum atomic E-state index is 14.6. The molecule has 4 rings (SSSR count). The number of hydrogen-bond donors (Lipinski definition) is 1. The Morgan fingerprint density at radius 3 is 2.66 bits per heavy atom. The number of benzene rings is 2. The van der Waals surface area contributed by atoms with Crippen LogP contribution in [0.4, 0.5) is 13.2 Å². The molecular formula is C22H19F3N4O3. The molecule has 0 radical (unpaired) electrons. The van der Waals surface area contributed by atoms with Crippen molar-refractivity contribution in [2.75, 3.05) is 0 Å². The normalized spacial score (nSPS) is 14.3. The lowest BCUT2D eigenvalue weighted by Crippen LogP contribution is -2.44. The fraction of sp³-hybridized carbons (Fsp3) is 0.227. The lowest BCUT2D eigenvalue weighted by Gasteiger charge is -2.34. The molecule has 7 nitrogen and oxygen atoms in total. The van der Waals surface area contributed by atoms with Gasteiger partial charge in [0.2, 0.25) is 0 Å². The zero-order valence-electron chi connectivity index (χ0n) is 17.0. The zero-order chi connectivity index (χ0) is 22.7. The summed E-state index contributed by atoms with van der Waals surface area (Å²) < 4.78 is 53.8. The topological polar surface area (TPSA) is 86.2 Å². The largest absolute Gasteiger partial charge is 0.380 e. The molecule has 0 aliphatic carbocycles. The van der Waals surface area contributed by atoms with Gasteiger partial charge in [0.25, 0.3) is 0 Å². The first kappa shape index (κ1) is 21.7. The number of rotatable bonds is 8. The van der Waals surface area contributed by atoms with Gasteiger partial charge in [-0.3, -0.25) is 0 Å². The average molecular weight is 444 g/mol. The van der Waals surface area contributed by atoms with Crippen LogP contribution in [0.15, 0.2) is 65.7 Å². The monoisotopic (exact) mass is 444 g/mol. The van der Waals surface area contributed by atoms with E-state index >= 15 is 0 Å². The molecular weight excluding hydrogens is 425 g/mol. The van der Waals surface area contributed by atoms with E-state index in [9.17, 15) is 18.3 Å². The number of aromatic nitrogens is 4. The molecule has 0 aliphatic rings. The highest BCUT2D eigenvalue weighted by molar-refractivity contribution is 5.58. The Kier molecular flexibility index (Phi) is 6.06. The number of halogens is 3. The molecule has 0 spiro atoms. The number of aliphatic hydroxyl groups is 1. The summed E-state index contributed by atoms with van der Waals surface area (Å²) in [5, 5.41) is 19.3. The van der Waals surface area contributed by atoms with Crippen molar-refractivity contribution in [2.24, 2.45) is 0 Å². The van der Waals surface area contributed by atoms with Gasteiger partial charge in [0.1, 0.15) is 48.0 Å². The fourth-order valence-corrected chi connectivity index (χ4v) is 3.34. The summed E-state index contributed by atoms with van der Waals surface area (Å²) in [4.78, 5) is 3.82. The van der Waals surface area contributed by atoms with Crippen LogP contribution in [-0.2, 0) is 23.5 Å². The SMILES string of the molecule is C[C@@H](OCc1cc(-c2cccc(F)c2)no1)C(O)(Cn1cncn1)c1ccc(F)cc1F. The van der Waals surface area contributed by atoms with E-state index in [-0.39, 0.29) is 18.7 Å². The van der Waals surface area contributed by atoms with Crippen LogP contribution >= 0.6 is 0 Å². The van der Waals surface area contributed by atoms with Crippen LogP contribution in [0.5, 0.6) is 0 Å². The van der Waals surface area contributed by atoms with Gasteiger partial charge in [-0.2, -0.15) is 5.10 Å². The molecule has 10 heteroatoms. The van der Waals surface area contributed by atoms with Crippen molar-refractivity contribution in [1.82, 2.24) is 19.9 Å². The molecule has 1 unspecified atom stereocenters. The van der Waals surface area contributed by atoms with Crippen molar-refractivity contribution in [3.8, 4) is 11.3 Å². The van der Waals surface area contributed by atoms with Gasteiger partial charge in [-0.05, 0) is 25.1 Å². The Balaban J connectivity index is 1.55. The molecule has 1 N–H and O–H groups in total. The first-order valence-electron chi connectivity index (χ1n) is 9.68. The van der Waals surface area contributed by atoms with Crippen molar-refractivity contribution in [2.45, 2.75) is 31.8 Å². The summed E-state index contributed by atoms with van der Waals surface area (Å²) in [7, 11) is 0. The van der Waals surface area contributed by atoms with Crippen molar-refractivity contribution < 1.29 is 27.5 Å². The molecule has 2 heterocycles. The van der Waals surface area contributed by atoms with Gasteiger partial charge in [-0.15, -0.1) is 0 Å². The summed E-state index contributed by atoms with van der Waals surface area (Å²) in [5.41, 5.74) is -1.11. The van der Waals surface area contributed by atoms with Gasteiger partial charge >= 0.3 is 0 Å². The quantitative estimate of drug-likeness (QED) is 0.444. The van der Waals surface area contributed by atoms with Crippen LogP contribution in [0.2, 0.25) is 0 Å². The van der Waals surface area contributed by atoms with Crippen LogP contribution in [0.25, 0.3) is 11.3 Å². The summed E-state index contributed by atoms with van der Waals surface area (Å²) in [6.45, 7) is 1.25. The number of nitrogens with zero attached hydrogens (tertiary/aromatic N) is 4. The summed E-state index contributed by atoms with van der Waals surface area (Å²) >= 11 is 0. The molecule has 166 valence electrons. The highest BCUT2D eigenvalue weighted by Crippen LogP contribution is 2.32. The molecule has 4 aromatic rings. The molecule has 0 bridgehead atoms. The van der Waals surface area contributed by atoms with Crippen LogP contribution in [0.1, 0.15) is 18.2 Å². The van der Waals surface area contributed by atoms with Crippen molar-refractivity contribution in [1.29, 1.82) is 0 Å². The second kappa shape index (κ2) is 8.93. The molecule has 0 amide bonds. The van der Waals surface area contributed by atoms with Gasteiger partial charge in [-0.1, -0.05) is 23.4 Å². The average Bonchev–Trinajstić information content (AvgIpc) is 3.44. The van der Waals surface area contributed by atoms with Gasteiger partial charge in [-0.25, -0.2) is 22.8 Å². The van der Waals surface area contributed by atoms with Crippen molar-refractivity contribution in [3.05, 3.63) is 90.0 Å². The molecule has 0 saturated heterocycles. The van der Waals surface area contributed by atoms with Gasteiger partial charge in [0, 0.05) is 23.3 Å². The second-order valence-corrected chi connectivity index (χ2v) is 7.28. The minimum atomic E-state index is -1.91. The Labute approximate surface area is 181 Å². The Hall–Kier alpha value is -3.50. The zero-order valence-corrected chi connectivity index (χ0v) is 17.0. The highest BCUT2D eigenvalue weighted by atomic mass is 19.1. The van der Waals surface area contributed by atoms with E-state index in [2.05, 4.69) is 15.2 Å². The molecule has 2 aromatic heterocycles. The summed E-state index contributed by atoms with van der Waals surface area (Å²) in [5.74, 6) is -1.78. The number of ether oxygens (including phenoxy) is 1. The van der Waals surface area contributed by atoms with E-state index in [0.29, 0.717) is 23.1 Å². The van der Waals surface area contributed by atoms with Crippen molar-refractivity contribution in [3.63, 3.8) is 0 Å². The van der Waals surface area contributed by atoms with Crippen LogP contribution in [-0.4, -0.2) is 31.1 Å². The van der Waals surface area contributed by atoms with Gasteiger partial charge in [0.15, 0.2) is 5.76 Å². The smallest absolute Gasteiger partial charge is 0.163 e. The highest BCUT2D eigenvalue weighted by Gasteiger charge is 2.40. The third-order valence-electron chi connectivity index (χ3n) is 5.09. The van der Waals surface area contributed by atoms with E-state index in [0.717, 1.165) is 12.1 Å². The van der Waals surface area contributed by atoms with Gasteiger partial charge in [0.05, 0.1) is 12.6 Å². The maximum absolute atomic E-state index is 14.6. The molecule has 0 aliphatic heterocycles. The molecule has 0 saturated carbocycles. The first-order chi connectivity index (χ1) is 15.3. The Morgan fingerprint density at radius 1 is 1.12 bits per heavy atom. The minimum Gasteiger partial charge on any atom is -0.380 e. The van der Waals surface area contributed by atoms with E-state index in [1.165, 1.54) is 29.5 Å². The predicted molar refractivity (Wildman–Crippen MR) is 106 cm³/mol. The minimum absolute atomic E-state index is 0.105. The maximum Gasteiger partial charge on any atom is 0.163 e. The third-order valence-corrected chi connectivity index (χ3v) is 5.09. The van der Waals surface area contributed by atoms with Crippen LogP contribution in [0, 0.1) is 17.5 Å². The summed E-state index contributed by atoms with van der Waals surface area (Å²) in [6.07, 6.45) is 1.66. The standard InChI is InChI=1S/C22H19F3N4O3/c1-14(31-10-18-9-21(28-32-18)15-3-2-4-16(23)7-15)22(30,11-29-13-26-12-27-29)19-6-5-17(24)8-20(19)25/h2-9,12-14,30H,10-11H2,1H3/t14-,22?/m1/s1. The van der Waals surface area contributed by atoms with Crippen LogP contribution < -0.4 is 0 Å². The third kappa shape index (κ3) is 4.56. The van der Waals surface area contributed by atoms with Crippen LogP contribution in [0.3, 0.4) is 0 Å². The fourth-order valence-electron chi connectivity index (χ4n) is 3.34. The molecule has 2 aromatic carbocycles. The molecule has 32 heavy (non-hydrogen) atoms. The van der Waals surface area contributed by atoms with E-state index in [4.69, 9.17) is 9.26 Å². The van der Waals surface area contributed by atoms with E-state index in [1.54, 1.807) is 25.1 Å². The molecule has 2 atom stereocenters. The predicted octanol–water partition coefficient (Wildman–Crippen LogP) is 3.84. The lowest BCUT2D eigenvalue weighted by atomic mass is 9.88. The first-order valence-corrected chi connectivity index (χ1v) is 9.68. The van der Waals surface area contributed by atoms with Crippen molar-refractivity contribution >= 4 is 0 Å².